The zero-order chi connectivity index (χ0) is 22.1. The van der Waals surface area contributed by atoms with E-state index < -0.39 is 12.0 Å². The average molecular weight is 428 g/mol. The molecule has 3 rings (SSSR count). The number of nitroso groups, excluding NO2 is 1. The van der Waals surface area contributed by atoms with Gasteiger partial charge in [0.05, 0.1) is 13.2 Å². The number of esters is 1. The van der Waals surface area contributed by atoms with Gasteiger partial charge in [0.2, 0.25) is 11.6 Å². The van der Waals surface area contributed by atoms with Crippen LogP contribution in [0.2, 0.25) is 0 Å². The number of nitrogen functional groups attached to an aromatic ring is 1. The lowest BCUT2D eigenvalue weighted by Crippen LogP contribution is -2.34. The van der Waals surface area contributed by atoms with Gasteiger partial charge in [-0.2, -0.15) is 9.97 Å². The van der Waals surface area contributed by atoms with Crippen molar-refractivity contribution in [3.05, 3.63) is 40.8 Å². The largest absolute Gasteiger partial charge is 0.476 e. The predicted octanol–water partition coefficient (Wildman–Crippen LogP) is 4.00. The Morgan fingerprint density at radius 3 is 2.65 bits per heavy atom. The Labute approximate surface area is 181 Å². The lowest BCUT2D eigenvalue weighted by atomic mass is 9.90. The Hall–Kier alpha value is -3.23. The fourth-order valence-electron chi connectivity index (χ4n) is 3.74. The minimum atomic E-state index is -0.789. The molecule has 1 aromatic carbocycles. The summed E-state index contributed by atoms with van der Waals surface area (Å²) in [5, 5.41) is 6.04. The molecule has 9 heteroatoms. The van der Waals surface area contributed by atoms with Crippen LogP contribution in [0.1, 0.15) is 44.6 Å². The fraction of sp³-hybridized carbons (Fsp3) is 0.500. The number of hydrogen-bond donors (Lipinski definition) is 2. The lowest BCUT2D eigenvalue weighted by molar-refractivity contribution is -0.144. The Morgan fingerprint density at radius 1 is 1.23 bits per heavy atom. The number of hydrogen-bond acceptors (Lipinski definition) is 9. The predicted molar refractivity (Wildman–Crippen MR) is 118 cm³/mol. The summed E-state index contributed by atoms with van der Waals surface area (Å²) in [6.45, 7) is 2.39. The number of carbonyl (C=O) groups is 1. The summed E-state index contributed by atoms with van der Waals surface area (Å²) in [4.78, 5) is 32.3. The van der Waals surface area contributed by atoms with Crippen molar-refractivity contribution in [3.8, 4) is 5.88 Å². The molecule has 0 unspecified atom stereocenters. The van der Waals surface area contributed by atoms with E-state index in [9.17, 15) is 9.70 Å². The molecule has 1 heterocycles. The summed E-state index contributed by atoms with van der Waals surface area (Å²) in [5.74, 6) is -0.0554. The molecule has 0 radical (unpaired) electrons. The van der Waals surface area contributed by atoms with Gasteiger partial charge in [-0.25, -0.2) is 4.79 Å². The van der Waals surface area contributed by atoms with Crippen molar-refractivity contribution in [1.29, 1.82) is 0 Å². The first-order valence-corrected chi connectivity index (χ1v) is 10.7. The second-order valence-electron chi connectivity index (χ2n) is 7.63. The van der Waals surface area contributed by atoms with Crippen LogP contribution in [0.25, 0.3) is 0 Å². The highest BCUT2D eigenvalue weighted by atomic mass is 16.5. The molecule has 2 aromatic rings. The van der Waals surface area contributed by atoms with Crippen molar-refractivity contribution in [1.82, 2.24) is 9.97 Å². The Bertz CT molecular complexity index is 872. The molecular formula is C22H29N5O4. The van der Waals surface area contributed by atoms with Crippen LogP contribution in [0, 0.1) is 10.8 Å². The molecule has 0 aliphatic heterocycles. The maximum atomic E-state index is 12.6. The maximum absolute atomic E-state index is 12.6. The van der Waals surface area contributed by atoms with Gasteiger partial charge in [-0.15, -0.1) is 4.91 Å². The molecule has 3 N–H and O–H groups in total. The van der Waals surface area contributed by atoms with E-state index in [-0.39, 0.29) is 29.9 Å². The summed E-state index contributed by atoms with van der Waals surface area (Å²) in [5.41, 5.74) is 6.67. The molecule has 1 aliphatic rings. The maximum Gasteiger partial charge on any atom is 0.328 e. The lowest BCUT2D eigenvalue weighted by Gasteiger charge is -2.22. The quantitative estimate of drug-likeness (QED) is 0.430. The molecular weight excluding hydrogens is 398 g/mol. The van der Waals surface area contributed by atoms with E-state index in [2.05, 4.69) is 20.5 Å². The van der Waals surface area contributed by atoms with Crippen LogP contribution in [0.3, 0.4) is 0 Å². The van der Waals surface area contributed by atoms with Crippen LogP contribution in [0.4, 0.5) is 17.5 Å². The summed E-state index contributed by atoms with van der Waals surface area (Å²) < 4.78 is 11.0. The van der Waals surface area contributed by atoms with Crippen molar-refractivity contribution < 1.29 is 14.3 Å². The van der Waals surface area contributed by atoms with Crippen LogP contribution < -0.4 is 15.8 Å². The fourth-order valence-corrected chi connectivity index (χ4v) is 3.74. The molecule has 1 saturated carbocycles. The molecule has 1 atom stereocenters. The van der Waals surface area contributed by atoms with Crippen LogP contribution in [0.15, 0.2) is 35.5 Å². The molecule has 0 amide bonds. The van der Waals surface area contributed by atoms with Crippen LogP contribution in [0.5, 0.6) is 5.88 Å². The molecule has 166 valence electrons. The summed E-state index contributed by atoms with van der Waals surface area (Å²) in [6.07, 6.45) is 6.08. The average Bonchev–Trinajstić information content (AvgIpc) is 2.78. The van der Waals surface area contributed by atoms with Gasteiger partial charge < -0.3 is 20.5 Å². The third-order valence-corrected chi connectivity index (χ3v) is 5.31. The van der Waals surface area contributed by atoms with E-state index in [1.54, 1.807) is 6.92 Å². The topological polar surface area (TPSA) is 129 Å². The van der Waals surface area contributed by atoms with Gasteiger partial charge in [0.1, 0.15) is 6.04 Å². The number of nitrogens with zero attached hydrogens (tertiary/aromatic N) is 3. The third-order valence-electron chi connectivity index (χ3n) is 5.31. The molecule has 9 nitrogen and oxygen atoms in total. The van der Waals surface area contributed by atoms with E-state index in [0.717, 1.165) is 18.4 Å². The van der Waals surface area contributed by atoms with Gasteiger partial charge in [0.15, 0.2) is 5.82 Å². The number of anilines is 2. The zero-order valence-corrected chi connectivity index (χ0v) is 17.8. The number of aromatic nitrogens is 2. The highest BCUT2D eigenvalue weighted by Gasteiger charge is 2.25. The molecule has 1 fully saturated rings. The van der Waals surface area contributed by atoms with E-state index >= 15 is 0 Å². The highest BCUT2D eigenvalue weighted by Crippen LogP contribution is 2.35. The van der Waals surface area contributed by atoms with Gasteiger partial charge in [-0.1, -0.05) is 49.6 Å². The summed E-state index contributed by atoms with van der Waals surface area (Å²) >= 11 is 0. The minimum absolute atomic E-state index is 0.0258. The van der Waals surface area contributed by atoms with E-state index in [1.807, 2.05) is 30.3 Å². The molecule has 1 aliphatic carbocycles. The van der Waals surface area contributed by atoms with Crippen molar-refractivity contribution in [2.45, 2.75) is 51.5 Å². The van der Waals surface area contributed by atoms with Gasteiger partial charge in [-0.05, 0) is 36.4 Å². The number of benzene rings is 1. The molecule has 0 bridgehead atoms. The number of rotatable bonds is 10. The van der Waals surface area contributed by atoms with E-state index in [0.29, 0.717) is 18.9 Å². The zero-order valence-electron chi connectivity index (χ0n) is 17.8. The SMILES string of the molecule is CCOC(=O)[C@H](Cc1ccccc1)Nc1nc(N)nc(OCC2CCCCC2)c1N=O. The minimum Gasteiger partial charge on any atom is -0.476 e. The third kappa shape index (κ3) is 6.37. The van der Waals surface area contributed by atoms with Crippen molar-refractivity contribution >= 4 is 23.4 Å². The number of ether oxygens (including phenoxy) is 2. The van der Waals surface area contributed by atoms with E-state index in [4.69, 9.17) is 15.2 Å². The molecule has 0 saturated heterocycles. The Balaban J connectivity index is 1.81. The number of nitrogens with two attached hydrogens (primary N) is 1. The van der Waals surface area contributed by atoms with Gasteiger partial charge in [-0.3, -0.25) is 0 Å². The number of nitrogens with one attached hydrogen (secondary N) is 1. The van der Waals surface area contributed by atoms with Crippen molar-refractivity contribution in [2.75, 3.05) is 24.3 Å². The Kier molecular flexibility index (Phi) is 8.14. The second-order valence-corrected chi connectivity index (χ2v) is 7.63. The summed E-state index contributed by atoms with van der Waals surface area (Å²) in [7, 11) is 0. The monoisotopic (exact) mass is 427 g/mol. The molecule has 1 aromatic heterocycles. The molecule has 0 spiro atoms. The van der Waals surface area contributed by atoms with E-state index in [1.165, 1.54) is 19.3 Å². The van der Waals surface area contributed by atoms with Crippen LogP contribution in [-0.2, 0) is 16.0 Å². The van der Waals surface area contributed by atoms with Crippen LogP contribution >= 0.6 is 0 Å². The van der Waals surface area contributed by atoms with Crippen molar-refractivity contribution in [3.63, 3.8) is 0 Å². The van der Waals surface area contributed by atoms with Gasteiger partial charge >= 0.3 is 5.97 Å². The first-order valence-electron chi connectivity index (χ1n) is 10.7. The molecule has 31 heavy (non-hydrogen) atoms. The first-order chi connectivity index (χ1) is 15.1. The van der Waals surface area contributed by atoms with Gasteiger partial charge in [0, 0.05) is 6.42 Å². The van der Waals surface area contributed by atoms with Crippen LogP contribution in [-0.4, -0.2) is 35.2 Å². The first kappa shape index (κ1) is 22.5. The van der Waals surface area contributed by atoms with Gasteiger partial charge in [0.25, 0.3) is 5.88 Å². The standard InChI is InChI=1S/C22H29N5O4/c1-2-30-21(28)17(13-15-9-5-3-6-10-15)24-19-18(27-29)20(26-22(23)25-19)31-14-16-11-7-4-8-12-16/h3,5-6,9-10,16-17H,2,4,7-8,11-14H2,1H3,(H3,23,24,25,26)/t17-/m0/s1. The number of carbonyl (C=O) groups excluding carboxylic acids is 1. The highest BCUT2D eigenvalue weighted by molar-refractivity contribution is 5.81. The second kappa shape index (κ2) is 11.2. The van der Waals surface area contributed by atoms with Crippen molar-refractivity contribution in [2.24, 2.45) is 11.1 Å². The summed E-state index contributed by atoms with van der Waals surface area (Å²) in [6, 6.07) is 8.68. The smallest absolute Gasteiger partial charge is 0.328 e. The normalized spacial score (nSPS) is 15.1. The Morgan fingerprint density at radius 2 is 1.97 bits per heavy atom.